The number of oxazole rings is 1. The third kappa shape index (κ3) is 7.20. The number of amides is 2. The van der Waals surface area contributed by atoms with Crippen LogP contribution in [0, 0.1) is 16.7 Å². The van der Waals surface area contributed by atoms with Crippen molar-refractivity contribution in [1.82, 2.24) is 24.8 Å². The van der Waals surface area contributed by atoms with E-state index in [0.717, 1.165) is 22.4 Å². The van der Waals surface area contributed by atoms with Crippen LogP contribution in [0.3, 0.4) is 0 Å². The van der Waals surface area contributed by atoms with E-state index in [1.807, 2.05) is 37.5 Å². The molecule has 1 aromatic carbocycles. The highest BCUT2D eigenvalue weighted by Crippen LogP contribution is 2.30. The number of nitrogens with one attached hydrogen (secondary N) is 2. The summed E-state index contributed by atoms with van der Waals surface area (Å²) in [5.41, 5.74) is 1.82. The van der Waals surface area contributed by atoms with Crippen LogP contribution in [0.2, 0.25) is 0 Å². The van der Waals surface area contributed by atoms with Crippen LogP contribution in [0.4, 0.5) is 14.7 Å². The maximum absolute atomic E-state index is 13.5. The summed E-state index contributed by atoms with van der Waals surface area (Å²) in [5, 5.41) is 15.4. The normalized spacial score (nSPS) is 15.7. The molecule has 0 unspecified atom stereocenters. The Kier molecular flexibility index (Phi) is 9.22. The van der Waals surface area contributed by atoms with E-state index in [4.69, 9.17) is 9.40 Å². The number of thiophene rings is 1. The quantitative estimate of drug-likeness (QED) is 0.168. The van der Waals surface area contributed by atoms with Crippen molar-refractivity contribution < 1.29 is 22.8 Å². The number of rotatable bonds is 10. The monoisotopic (exact) mass is 621 g/mol. The minimum Gasteiger partial charge on any atom is -0.443 e. The minimum atomic E-state index is -2.46. The molecule has 3 aromatic heterocycles. The molecule has 10 nitrogen and oxygen atoms in total. The Labute approximate surface area is 257 Å². The Bertz CT molecular complexity index is 1710. The molecule has 2 amide bonds. The fourth-order valence-electron chi connectivity index (χ4n) is 5.22. The zero-order valence-corrected chi connectivity index (χ0v) is 25.5. The molecule has 44 heavy (non-hydrogen) atoms. The third-order valence-corrected chi connectivity index (χ3v) is 8.23. The number of carbonyl (C=O) groups is 2. The number of anilines is 1. The lowest BCUT2D eigenvalue weighted by molar-refractivity contribution is -0.127. The van der Waals surface area contributed by atoms with Crippen LogP contribution >= 0.6 is 11.3 Å². The van der Waals surface area contributed by atoms with Crippen molar-refractivity contribution in [2.75, 3.05) is 18.4 Å². The average Bonchev–Trinajstić information content (AvgIpc) is 3.78. The summed E-state index contributed by atoms with van der Waals surface area (Å²) < 4.78 is 32.5. The molecule has 4 aromatic rings. The maximum atomic E-state index is 13.5. The van der Waals surface area contributed by atoms with Crippen molar-refractivity contribution in [2.24, 2.45) is 5.41 Å². The van der Waals surface area contributed by atoms with Crippen LogP contribution in [0.1, 0.15) is 48.8 Å². The van der Waals surface area contributed by atoms with E-state index in [0.29, 0.717) is 41.6 Å². The predicted molar refractivity (Wildman–Crippen MR) is 163 cm³/mol. The Morgan fingerprint density at radius 1 is 1.27 bits per heavy atom. The van der Waals surface area contributed by atoms with Crippen LogP contribution in [0.15, 0.2) is 59.0 Å². The molecule has 1 fully saturated rings. The summed E-state index contributed by atoms with van der Waals surface area (Å²) in [5.74, 6) is 0.168. The van der Waals surface area contributed by atoms with Crippen molar-refractivity contribution in [2.45, 2.75) is 59.2 Å². The first-order chi connectivity index (χ1) is 21.0. The van der Waals surface area contributed by atoms with Gasteiger partial charge in [0.05, 0.1) is 39.6 Å². The Balaban J connectivity index is 1.45. The first kappa shape index (κ1) is 31.0. The molecule has 1 aliphatic heterocycles. The van der Waals surface area contributed by atoms with Gasteiger partial charge in [-0.2, -0.15) is 5.26 Å². The highest BCUT2D eigenvalue weighted by molar-refractivity contribution is 7.17. The van der Waals surface area contributed by atoms with E-state index >= 15 is 0 Å². The van der Waals surface area contributed by atoms with E-state index in [-0.39, 0.29) is 35.4 Å². The number of aromatic nitrogens is 3. The molecule has 13 heteroatoms. The third-order valence-electron chi connectivity index (χ3n) is 7.13. The number of hydrogen-bond donors (Lipinski definition) is 2. The molecule has 0 saturated carbocycles. The highest BCUT2D eigenvalue weighted by Gasteiger charge is 2.32. The molecule has 1 saturated heterocycles. The van der Waals surface area contributed by atoms with Crippen LogP contribution in [0.5, 0.6) is 0 Å². The van der Waals surface area contributed by atoms with Gasteiger partial charge in [0, 0.05) is 19.6 Å². The minimum absolute atomic E-state index is 0.106. The number of halogens is 2. The molecule has 5 rings (SSSR count). The molecule has 1 aliphatic rings. The van der Waals surface area contributed by atoms with Gasteiger partial charge in [0.1, 0.15) is 11.6 Å². The van der Waals surface area contributed by atoms with Gasteiger partial charge in [0.25, 0.3) is 18.2 Å². The number of imidazole rings is 1. The Morgan fingerprint density at radius 3 is 2.80 bits per heavy atom. The summed E-state index contributed by atoms with van der Waals surface area (Å²) in [6, 6.07) is 10.8. The summed E-state index contributed by atoms with van der Waals surface area (Å²) in [6.45, 7) is 6.46. The van der Waals surface area contributed by atoms with Crippen LogP contribution in [-0.2, 0) is 17.9 Å². The van der Waals surface area contributed by atoms with Crippen LogP contribution in [0.25, 0.3) is 21.7 Å². The lowest BCUT2D eigenvalue weighted by Crippen LogP contribution is -2.39. The van der Waals surface area contributed by atoms with Gasteiger partial charge < -0.3 is 19.2 Å². The second kappa shape index (κ2) is 13.1. The lowest BCUT2D eigenvalue weighted by atomic mass is 9.93. The number of nitrogens with zero attached hydrogens (tertiary/aromatic N) is 5. The fraction of sp³-hybridized carbons (Fsp3) is 0.387. The smallest absolute Gasteiger partial charge is 0.268 e. The SMILES string of the molecule is CC(C)(C)C=C(C#N)C(=O)N1CCC[C@@H]1Cn1c(NC(=O)c2ccc(-c3cnco3)s2)nc2cc(CNCC(F)F)ccc21. The van der Waals surface area contributed by atoms with Gasteiger partial charge in [0.2, 0.25) is 5.95 Å². The number of carbonyl (C=O) groups excluding carboxylic acids is 2. The van der Waals surface area contributed by atoms with Gasteiger partial charge in [-0.1, -0.05) is 32.9 Å². The van der Waals surface area contributed by atoms with E-state index in [9.17, 15) is 23.6 Å². The number of allylic oxidation sites excluding steroid dienone is 1. The van der Waals surface area contributed by atoms with Gasteiger partial charge in [-0.25, -0.2) is 18.7 Å². The summed E-state index contributed by atoms with van der Waals surface area (Å²) in [7, 11) is 0. The van der Waals surface area contributed by atoms with E-state index in [1.165, 1.54) is 17.7 Å². The first-order valence-electron chi connectivity index (χ1n) is 14.2. The molecule has 0 aliphatic carbocycles. The van der Waals surface area contributed by atoms with E-state index in [1.54, 1.807) is 35.4 Å². The standard InChI is InChI=1S/C31H33F2N7O3S/c1-31(2,3)12-20(13-34)29(42)39-10-4-5-21(39)17-40-23-7-6-19(14-35-16-27(32)33)11-22(23)37-30(40)38-28(41)26-9-8-25(44-26)24-15-36-18-43-24/h6-9,11-12,15,18,21,27,35H,4-5,10,14,16-17H2,1-3H3,(H,37,38,41)/t21-/m1/s1. The van der Waals surface area contributed by atoms with Crippen LogP contribution in [-0.4, -0.2) is 56.8 Å². The summed E-state index contributed by atoms with van der Waals surface area (Å²) in [4.78, 5) is 38.4. The van der Waals surface area contributed by atoms with Crippen molar-refractivity contribution in [3.63, 3.8) is 0 Å². The zero-order valence-electron chi connectivity index (χ0n) is 24.6. The molecule has 230 valence electrons. The van der Waals surface area contributed by atoms with Gasteiger partial charge in [-0.15, -0.1) is 11.3 Å². The number of alkyl halides is 2. The molecule has 1 atom stereocenters. The van der Waals surface area contributed by atoms with Crippen LogP contribution < -0.4 is 10.6 Å². The summed E-state index contributed by atoms with van der Waals surface area (Å²) >= 11 is 1.25. The van der Waals surface area contributed by atoms with Crippen molar-refractivity contribution >= 4 is 40.1 Å². The topological polar surface area (TPSA) is 129 Å². The Morgan fingerprint density at radius 2 is 2.09 bits per heavy atom. The number of hydrogen-bond acceptors (Lipinski definition) is 8. The summed E-state index contributed by atoms with van der Waals surface area (Å²) in [6.07, 6.45) is 3.62. The number of fused-ring (bicyclic) bond motifs is 1. The largest absolute Gasteiger partial charge is 0.443 e. The number of likely N-dealkylation sites (tertiary alicyclic amines) is 1. The molecule has 0 spiro atoms. The van der Waals surface area contributed by atoms with Gasteiger partial charge >= 0.3 is 0 Å². The Hall–Kier alpha value is -4.41. The fourth-order valence-corrected chi connectivity index (χ4v) is 6.07. The molecule has 0 bridgehead atoms. The highest BCUT2D eigenvalue weighted by atomic mass is 32.1. The first-order valence-corrected chi connectivity index (χ1v) is 15.1. The lowest BCUT2D eigenvalue weighted by Gasteiger charge is -2.26. The number of nitriles is 1. The average molecular weight is 622 g/mol. The van der Waals surface area contributed by atoms with E-state index in [2.05, 4.69) is 21.7 Å². The molecule has 4 heterocycles. The second-order valence-electron chi connectivity index (χ2n) is 11.7. The van der Waals surface area contributed by atoms with Crippen molar-refractivity contribution in [3.05, 3.63) is 65.0 Å². The zero-order chi connectivity index (χ0) is 31.4. The molecular weight excluding hydrogens is 588 g/mol. The molecular formula is C31H33F2N7O3S. The maximum Gasteiger partial charge on any atom is 0.268 e. The van der Waals surface area contributed by atoms with Crippen molar-refractivity contribution in [1.29, 1.82) is 5.26 Å². The molecule has 2 N–H and O–H groups in total. The van der Waals surface area contributed by atoms with Gasteiger partial charge in [0.15, 0.2) is 12.2 Å². The predicted octanol–water partition coefficient (Wildman–Crippen LogP) is 5.85. The second-order valence-corrected chi connectivity index (χ2v) is 12.8. The van der Waals surface area contributed by atoms with Gasteiger partial charge in [-0.05, 0) is 48.1 Å². The van der Waals surface area contributed by atoms with Gasteiger partial charge in [-0.3, -0.25) is 14.9 Å². The molecule has 0 radical (unpaired) electrons. The van der Waals surface area contributed by atoms with E-state index < -0.39 is 13.0 Å². The number of benzene rings is 1. The van der Waals surface area contributed by atoms with Crippen molar-refractivity contribution in [3.8, 4) is 16.7 Å².